The summed E-state index contributed by atoms with van der Waals surface area (Å²) >= 11 is 0. The summed E-state index contributed by atoms with van der Waals surface area (Å²) in [5.41, 5.74) is 1.15. The third kappa shape index (κ3) is 2.54. The molecular weight excluding hydrogens is 200 g/mol. The lowest BCUT2D eigenvalue weighted by Crippen LogP contribution is -2.39. The first kappa shape index (κ1) is 11.0. The van der Waals surface area contributed by atoms with Gasteiger partial charge >= 0.3 is 6.03 Å². The first-order chi connectivity index (χ1) is 7.77. The van der Waals surface area contributed by atoms with Gasteiger partial charge in [0, 0.05) is 13.1 Å². The van der Waals surface area contributed by atoms with Crippen molar-refractivity contribution < 1.29 is 4.79 Å². The standard InChI is InChI=1S/C13H18N2O/c1-11(12-7-3-2-4-8-12)14-13(16)15-9-5-6-10-15/h2-4,7-8,11H,5-6,9-10H2,1H3,(H,14,16)/t11-/m1/s1. The molecule has 1 aromatic rings. The van der Waals surface area contributed by atoms with Crippen LogP contribution in [0.25, 0.3) is 0 Å². The van der Waals surface area contributed by atoms with Crippen LogP contribution in [0.3, 0.4) is 0 Å². The molecule has 1 aromatic carbocycles. The van der Waals surface area contributed by atoms with Crippen molar-refractivity contribution in [3.05, 3.63) is 35.9 Å². The molecule has 86 valence electrons. The second kappa shape index (κ2) is 5.01. The Morgan fingerprint density at radius 3 is 2.50 bits per heavy atom. The highest BCUT2D eigenvalue weighted by molar-refractivity contribution is 5.74. The Hall–Kier alpha value is -1.51. The summed E-state index contributed by atoms with van der Waals surface area (Å²) < 4.78 is 0. The summed E-state index contributed by atoms with van der Waals surface area (Å²) in [6, 6.07) is 10.2. The number of carbonyl (C=O) groups excluding carboxylic acids is 1. The van der Waals surface area contributed by atoms with Gasteiger partial charge in [0.15, 0.2) is 0 Å². The van der Waals surface area contributed by atoms with Crippen LogP contribution >= 0.6 is 0 Å². The minimum absolute atomic E-state index is 0.0638. The maximum absolute atomic E-state index is 11.8. The van der Waals surface area contributed by atoms with Crippen LogP contribution in [-0.2, 0) is 0 Å². The molecule has 1 aliphatic rings. The number of likely N-dealkylation sites (tertiary alicyclic amines) is 1. The van der Waals surface area contributed by atoms with E-state index in [1.54, 1.807) is 0 Å². The predicted molar refractivity (Wildman–Crippen MR) is 64.2 cm³/mol. The van der Waals surface area contributed by atoms with E-state index < -0.39 is 0 Å². The Balaban J connectivity index is 1.92. The number of nitrogens with zero attached hydrogens (tertiary/aromatic N) is 1. The van der Waals surface area contributed by atoms with Crippen molar-refractivity contribution in [2.75, 3.05) is 13.1 Å². The molecule has 0 bridgehead atoms. The Morgan fingerprint density at radius 1 is 1.25 bits per heavy atom. The molecule has 0 aromatic heterocycles. The zero-order valence-electron chi connectivity index (χ0n) is 9.65. The Morgan fingerprint density at radius 2 is 1.88 bits per heavy atom. The van der Waals surface area contributed by atoms with Crippen LogP contribution in [0.15, 0.2) is 30.3 Å². The van der Waals surface area contributed by atoms with Crippen molar-refractivity contribution in [2.24, 2.45) is 0 Å². The maximum atomic E-state index is 11.8. The normalized spacial score (nSPS) is 17.2. The van der Waals surface area contributed by atoms with Crippen LogP contribution in [0.1, 0.15) is 31.4 Å². The highest BCUT2D eigenvalue weighted by atomic mass is 16.2. The van der Waals surface area contributed by atoms with Crippen molar-refractivity contribution >= 4 is 6.03 Å². The van der Waals surface area contributed by atoms with E-state index in [1.165, 1.54) is 0 Å². The quantitative estimate of drug-likeness (QED) is 0.813. The largest absolute Gasteiger partial charge is 0.331 e. The zero-order chi connectivity index (χ0) is 11.4. The van der Waals surface area contributed by atoms with Gasteiger partial charge in [0.1, 0.15) is 0 Å². The molecule has 2 rings (SSSR count). The van der Waals surface area contributed by atoms with Gasteiger partial charge in [-0.05, 0) is 25.3 Å². The second-order valence-electron chi connectivity index (χ2n) is 4.28. The highest BCUT2D eigenvalue weighted by Gasteiger charge is 2.19. The van der Waals surface area contributed by atoms with Crippen LogP contribution in [0.2, 0.25) is 0 Å². The van der Waals surface area contributed by atoms with Crippen molar-refractivity contribution in [1.82, 2.24) is 10.2 Å². The van der Waals surface area contributed by atoms with Gasteiger partial charge in [0.2, 0.25) is 0 Å². The highest BCUT2D eigenvalue weighted by Crippen LogP contribution is 2.13. The number of benzene rings is 1. The van der Waals surface area contributed by atoms with Gasteiger partial charge in [0.05, 0.1) is 6.04 Å². The van der Waals surface area contributed by atoms with E-state index in [-0.39, 0.29) is 12.1 Å². The number of urea groups is 1. The van der Waals surface area contributed by atoms with Crippen LogP contribution in [0.4, 0.5) is 4.79 Å². The van der Waals surface area contributed by atoms with E-state index in [0.29, 0.717) is 0 Å². The lowest BCUT2D eigenvalue weighted by atomic mass is 10.1. The van der Waals surface area contributed by atoms with Crippen molar-refractivity contribution in [3.63, 3.8) is 0 Å². The molecule has 2 amide bonds. The minimum Gasteiger partial charge on any atom is -0.331 e. The molecule has 0 aliphatic carbocycles. The lowest BCUT2D eigenvalue weighted by Gasteiger charge is -2.20. The first-order valence-corrected chi connectivity index (χ1v) is 5.88. The van der Waals surface area contributed by atoms with E-state index >= 15 is 0 Å². The number of carbonyl (C=O) groups is 1. The van der Waals surface area contributed by atoms with E-state index in [2.05, 4.69) is 5.32 Å². The van der Waals surface area contributed by atoms with Gasteiger partial charge in [-0.3, -0.25) is 0 Å². The van der Waals surface area contributed by atoms with Gasteiger partial charge in [-0.2, -0.15) is 0 Å². The molecule has 1 heterocycles. The monoisotopic (exact) mass is 218 g/mol. The molecule has 3 heteroatoms. The summed E-state index contributed by atoms with van der Waals surface area (Å²) in [5.74, 6) is 0. The average molecular weight is 218 g/mol. The van der Waals surface area contributed by atoms with Crippen LogP contribution in [-0.4, -0.2) is 24.0 Å². The van der Waals surface area contributed by atoms with E-state index in [0.717, 1.165) is 31.5 Å². The minimum atomic E-state index is 0.0638. The zero-order valence-corrected chi connectivity index (χ0v) is 9.65. The summed E-state index contributed by atoms with van der Waals surface area (Å²) in [5, 5.41) is 3.03. The molecule has 0 radical (unpaired) electrons. The lowest BCUT2D eigenvalue weighted by molar-refractivity contribution is 0.205. The fourth-order valence-electron chi connectivity index (χ4n) is 2.02. The van der Waals surface area contributed by atoms with Crippen molar-refractivity contribution in [2.45, 2.75) is 25.8 Å². The van der Waals surface area contributed by atoms with Crippen LogP contribution < -0.4 is 5.32 Å². The molecule has 1 aliphatic heterocycles. The third-order valence-corrected chi connectivity index (χ3v) is 3.03. The van der Waals surface area contributed by atoms with Gasteiger partial charge in [-0.1, -0.05) is 30.3 Å². The molecule has 0 spiro atoms. The molecule has 1 saturated heterocycles. The first-order valence-electron chi connectivity index (χ1n) is 5.88. The molecular formula is C13H18N2O. The third-order valence-electron chi connectivity index (χ3n) is 3.03. The molecule has 16 heavy (non-hydrogen) atoms. The Labute approximate surface area is 96.5 Å². The maximum Gasteiger partial charge on any atom is 0.317 e. The Kier molecular flexibility index (Phi) is 3.44. The molecule has 1 fully saturated rings. The number of hydrogen-bond donors (Lipinski definition) is 1. The number of hydrogen-bond acceptors (Lipinski definition) is 1. The topological polar surface area (TPSA) is 32.3 Å². The van der Waals surface area contributed by atoms with Crippen molar-refractivity contribution in [3.8, 4) is 0 Å². The number of rotatable bonds is 2. The van der Waals surface area contributed by atoms with Gasteiger partial charge in [-0.15, -0.1) is 0 Å². The fraction of sp³-hybridized carbons (Fsp3) is 0.462. The van der Waals surface area contributed by atoms with E-state index in [9.17, 15) is 4.79 Å². The summed E-state index contributed by atoms with van der Waals surface area (Å²) in [4.78, 5) is 13.7. The van der Waals surface area contributed by atoms with Gasteiger partial charge < -0.3 is 10.2 Å². The Bertz CT molecular complexity index is 344. The van der Waals surface area contributed by atoms with Gasteiger partial charge in [0.25, 0.3) is 0 Å². The molecule has 1 N–H and O–H groups in total. The molecule has 0 unspecified atom stereocenters. The van der Waals surface area contributed by atoms with Crippen molar-refractivity contribution in [1.29, 1.82) is 0 Å². The number of amides is 2. The average Bonchev–Trinajstić information content (AvgIpc) is 2.83. The summed E-state index contributed by atoms with van der Waals surface area (Å²) in [6.45, 7) is 3.81. The SMILES string of the molecule is C[C@@H](NC(=O)N1CCCC1)c1ccccc1. The summed E-state index contributed by atoms with van der Waals surface area (Å²) in [7, 11) is 0. The second-order valence-corrected chi connectivity index (χ2v) is 4.28. The molecule has 1 atom stereocenters. The van der Waals surface area contributed by atoms with E-state index in [1.807, 2.05) is 42.2 Å². The fourth-order valence-corrected chi connectivity index (χ4v) is 2.02. The van der Waals surface area contributed by atoms with Crippen LogP contribution in [0, 0.1) is 0 Å². The van der Waals surface area contributed by atoms with E-state index in [4.69, 9.17) is 0 Å². The summed E-state index contributed by atoms with van der Waals surface area (Å²) in [6.07, 6.45) is 2.26. The number of nitrogens with one attached hydrogen (secondary N) is 1. The molecule has 3 nitrogen and oxygen atoms in total. The van der Waals surface area contributed by atoms with Gasteiger partial charge in [-0.25, -0.2) is 4.79 Å². The predicted octanol–water partition coefficient (Wildman–Crippen LogP) is 2.55. The molecule has 0 saturated carbocycles. The van der Waals surface area contributed by atoms with Crippen LogP contribution in [0.5, 0.6) is 0 Å². The smallest absolute Gasteiger partial charge is 0.317 e.